The molecule has 0 bridgehead atoms. The number of unbranched alkanes of at least 4 members (excludes halogenated alkanes) is 3. The molecule has 1 fully saturated rings. The highest BCUT2D eigenvalue weighted by Gasteiger charge is 2.49. The summed E-state index contributed by atoms with van der Waals surface area (Å²) in [5.74, 6) is 1.33. The maximum Gasteiger partial charge on any atom is 0.330 e. The topological polar surface area (TPSA) is 157 Å². The Morgan fingerprint density at radius 2 is 1.30 bits per heavy atom. The number of thiazole rings is 1. The van der Waals surface area contributed by atoms with Gasteiger partial charge in [-0.1, -0.05) is 85.2 Å². The number of carbonyl (C=O) groups excluding carboxylic acids is 3. The Balaban J connectivity index is 0.958. The molecule has 14 nitrogen and oxygen atoms in total. The summed E-state index contributed by atoms with van der Waals surface area (Å²) in [7, 11) is 0. The number of rotatable bonds is 29. The van der Waals surface area contributed by atoms with E-state index in [1.54, 1.807) is 6.21 Å². The Morgan fingerprint density at radius 3 is 1.97 bits per heavy atom. The van der Waals surface area contributed by atoms with E-state index in [1.165, 1.54) is 22.4 Å². The van der Waals surface area contributed by atoms with Crippen LogP contribution in [-0.2, 0) is 46.5 Å². The molecule has 0 N–H and O–H groups in total. The first-order valence-electron chi connectivity index (χ1n) is 25.1. The summed E-state index contributed by atoms with van der Waals surface area (Å²) in [6.07, 6.45) is 7.87. The van der Waals surface area contributed by atoms with Crippen molar-refractivity contribution in [3.05, 3.63) is 168 Å². The zero-order chi connectivity index (χ0) is 53.3. The highest BCUT2D eigenvalue weighted by molar-refractivity contribution is 9.10. The predicted octanol–water partition coefficient (Wildman–Crippen LogP) is 13.1. The van der Waals surface area contributed by atoms with Crippen LogP contribution in [0.15, 0.2) is 156 Å². The third-order valence-corrected chi connectivity index (χ3v) is 13.9. The van der Waals surface area contributed by atoms with E-state index in [4.69, 9.17) is 48.0 Å². The van der Waals surface area contributed by atoms with E-state index in [1.807, 2.05) is 123 Å². The molecule has 1 saturated heterocycles. The molecule has 394 valence electrons. The van der Waals surface area contributed by atoms with Crippen molar-refractivity contribution in [2.45, 2.75) is 77.5 Å². The molecule has 16 heteroatoms. The SMILES string of the molecule is C=CC(=O)OCCCCCCOc1ccc(COc2ccc(-c3ccc4c(Br)c(OCc5ccc(OCCCOC6OC6(C)C)cc5)ccc4c3)cc2/C=N/N(C(=O)CCOC(=O)C=C)c2nc3ccccc3s2)cc1. The minimum Gasteiger partial charge on any atom is -0.494 e. The van der Waals surface area contributed by atoms with Gasteiger partial charge < -0.3 is 37.9 Å². The number of hydrazone groups is 1. The number of hydrogen-bond donors (Lipinski definition) is 0. The first kappa shape index (κ1) is 54.9. The third-order valence-electron chi connectivity index (χ3n) is 12.1. The molecule has 1 amide bonds. The van der Waals surface area contributed by atoms with Crippen LogP contribution in [0.4, 0.5) is 5.13 Å². The van der Waals surface area contributed by atoms with Crippen LogP contribution in [0.1, 0.15) is 69.1 Å². The van der Waals surface area contributed by atoms with Gasteiger partial charge in [-0.3, -0.25) is 4.79 Å². The van der Waals surface area contributed by atoms with E-state index in [2.05, 4.69) is 41.2 Å². The van der Waals surface area contributed by atoms with E-state index in [0.717, 1.165) is 97.4 Å². The monoisotopic (exact) mass is 1110 g/mol. The van der Waals surface area contributed by atoms with Gasteiger partial charge in [0.1, 0.15) is 48.4 Å². The first-order chi connectivity index (χ1) is 37.0. The van der Waals surface area contributed by atoms with Gasteiger partial charge >= 0.3 is 11.9 Å². The molecular formula is C60H60BrN3O11S. The molecule has 1 aliphatic rings. The number of nitrogens with zero attached hydrogens (tertiary/aromatic N) is 3. The molecule has 1 aliphatic heterocycles. The molecular weight excluding hydrogens is 1050 g/mol. The predicted molar refractivity (Wildman–Crippen MR) is 299 cm³/mol. The second kappa shape index (κ2) is 26.9. The third kappa shape index (κ3) is 15.6. The Kier molecular flexibility index (Phi) is 19.4. The number of halogens is 1. The lowest BCUT2D eigenvalue weighted by Crippen LogP contribution is -2.27. The first-order valence-corrected chi connectivity index (χ1v) is 26.7. The second-order valence-electron chi connectivity index (χ2n) is 18.2. The van der Waals surface area contributed by atoms with Crippen molar-refractivity contribution in [3.8, 4) is 34.1 Å². The fourth-order valence-electron chi connectivity index (χ4n) is 7.80. The Bertz CT molecular complexity index is 3130. The van der Waals surface area contributed by atoms with Crippen LogP contribution in [0.5, 0.6) is 23.0 Å². The number of esters is 2. The van der Waals surface area contributed by atoms with Crippen LogP contribution in [0, 0.1) is 0 Å². The number of hydrogen-bond acceptors (Lipinski definition) is 14. The van der Waals surface area contributed by atoms with E-state index in [0.29, 0.717) is 55.2 Å². The van der Waals surface area contributed by atoms with Gasteiger partial charge in [-0.05, 0) is 149 Å². The number of benzene rings is 6. The maximum atomic E-state index is 13.8. The molecule has 0 spiro atoms. The molecule has 0 aliphatic carbocycles. The van der Waals surface area contributed by atoms with Crippen LogP contribution < -0.4 is 24.0 Å². The van der Waals surface area contributed by atoms with Crippen molar-refractivity contribution in [2.75, 3.05) is 38.0 Å². The van der Waals surface area contributed by atoms with Gasteiger partial charge in [-0.25, -0.2) is 14.6 Å². The number of fused-ring (bicyclic) bond motifs is 2. The number of ether oxygens (including phenoxy) is 8. The van der Waals surface area contributed by atoms with Gasteiger partial charge in [0, 0.05) is 24.1 Å². The van der Waals surface area contributed by atoms with Crippen LogP contribution in [-0.4, -0.2) is 74.0 Å². The van der Waals surface area contributed by atoms with Crippen molar-refractivity contribution in [1.29, 1.82) is 0 Å². The molecule has 1 aromatic heterocycles. The molecule has 7 aromatic rings. The Labute approximate surface area is 455 Å². The summed E-state index contributed by atoms with van der Waals surface area (Å²) in [5, 5.41) is 8.32. The molecule has 6 aromatic carbocycles. The number of aromatic nitrogens is 1. The molecule has 2 heterocycles. The quantitative estimate of drug-likeness (QED) is 0.0109. The van der Waals surface area contributed by atoms with E-state index >= 15 is 0 Å². The van der Waals surface area contributed by atoms with E-state index in [9.17, 15) is 14.4 Å². The highest BCUT2D eigenvalue weighted by Crippen LogP contribution is 2.38. The standard InChI is InChI=1S/C60H60BrN3O11S/c1-5-55(66)70-32-12-8-7-11-31-68-47-23-16-41(17-24-47)39-73-51-28-21-44(37-46(51)38-62-64(54(65)30-35-71-56(67)6-2)59-63-50-14-9-10-15-53(50)76-59)43-20-27-49-45(36-43)22-29-52(57(49)61)74-40-42-18-25-48(26-19-42)69-33-13-34-72-58-60(3,4)75-58/h5-6,9-10,14-29,36-38,58H,1-2,7-8,11-13,30-35,39-40H2,3-4H3/b62-38+. The lowest BCUT2D eigenvalue weighted by molar-refractivity contribution is -0.139. The minimum atomic E-state index is -0.626. The number of para-hydroxylation sites is 1. The normalized spacial score (nSPS) is 13.5. The van der Waals surface area contributed by atoms with Crippen LogP contribution in [0.3, 0.4) is 0 Å². The van der Waals surface area contributed by atoms with E-state index < -0.39 is 17.8 Å². The van der Waals surface area contributed by atoms with Gasteiger partial charge in [0.05, 0.1) is 53.8 Å². The average molecular weight is 1110 g/mol. The summed E-state index contributed by atoms with van der Waals surface area (Å²) in [6, 6.07) is 39.3. The largest absolute Gasteiger partial charge is 0.494 e. The number of amides is 1. The van der Waals surface area contributed by atoms with E-state index in [-0.39, 0.29) is 31.5 Å². The van der Waals surface area contributed by atoms with Crippen LogP contribution >= 0.6 is 27.3 Å². The smallest absolute Gasteiger partial charge is 0.330 e. The summed E-state index contributed by atoms with van der Waals surface area (Å²) >= 11 is 5.14. The van der Waals surface area contributed by atoms with Gasteiger partial charge in [-0.15, -0.1) is 0 Å². The van der Waals surface area contributed by atoms with Crippen molar-refractivity contribution in [2.24, 2.45) is 5.10 Å². The lowest BCUT2D eigenvalue weighted by Gasteiger charge is -2.16. The summed E-state index contributed by atoms with van der Waals surface area (Å²) in [4.78, 5) is 41.6. The van der Waals surface area contributed by atoms with Gasteiger partial charge in [0.15, 0.2) is 6.29 Å². The molecule has 0 saturated carbocycles. The Hall–Kier alpha value is -7.37. The van der Waals surface area contributed by atoms with Gasteiger partial charge in [0.2, 0.25) is 5.13 Å². The second-order valence-corrected chi connectivity index (χ2v) is 20.0. The number of anilines is 1. The maximum absolute atomic E-state index is 13.8. The molecule has 76 heavy (non-hydrogen) atoms. The molecule has 1 atom stereocenters. The molecule has 0 radical (unpaired) electrons. The molecule has 1 unspecified atom stereocenters. The zero-order valence-corrected chi connectivity index (χ0v) is 45.0. The highest BCUT2D eigenvalue weighted by atomic mass is 79.9. The van der Waals surface area contributed by atoms with Gasteiger partial charge in [-0.2, -0.15) is 10.1 Å². The number of epoxide rings is 1. The fraction of sp³-hybridized carbons (Fsp3) is 0.283. The minimum absolute atomic E-state index is 0.127. The van der Waals surface area contributed by atoms with Crippen molar-refractivity contribution < 1.29 is 52.3 Å². The zero-order valence-electron chi connectivity index (χ0n) is 42.6. The van der Waals surface area contributed by atoms with Crippen molar-refractivity contribution in [3.63, 3.8) is 0 Å². The summed E-state index contributed by atoms with van der Waals surface area (Å²) < 4.78 is 47.8. The fourth-order valence-corrected chi connectivity index (χ4v) is 9.35. The van der Waals surface area contributed by atoms with Gasteiger partial charge in [0.25, 0.3) is 5.91 Å². The van der Waals surface area contributed by atoms with Crippen molar-refractivity contribution in [1.82, 2.24) is 4.98 Å². The molecule has 8 rings (SSSR count). The van der Waals surface area contributed by atoms with Crippen LogP contribution in [0.2, 0.25) is 0 Å². The van der Waals surface area contributed by atoms with Crippen LogP contribution in [0.25, 0.3) is 32.1 Å². The summed E-state index contributed by atoms with van der Waals surface area (Å²) in [6.45, 7) is 13.4. The average Bonchev–Trinajstić information content (AvgIpc) is 3.84. The summed E-state index contributed by atoms with van der Waals surface area (Å²) in [5.41, 5.74) is 4.89. The van der Waals surface area contributed by atoms with Crippen molar-refractivity contribution >= 4 is 77.4 Å². The number of carbonyl (C=O) groups is 3. The Morgan fingerprint density at radius 1 is 0.697 bits per heavy atom. The lowest BCUT2D eigenvalue weighted by atomic mass is 9.99.